The van der Waals surface area contributed by atoms with Crippen molar-refractivity contribution in [3.8, 4) is 5.75 Å². The topological polar surface area (TPSA) is 70.1 Å². The summed E-state index contributed by atoms with van der Waals surface area (Å²) in [6.45, 7) is 0. The number of carbonyl (C=O) groups is 1. The van der Waals surface area contributed by atoms with E-state index < -0.39 is 0 Å². The van der Waals surface area contributed by atoms with Gasteiger partial charge in [-0.25, -0.2) is 0 Å². The minimum absolute atomic E-state index is 0.0170. The van der Waals surface area contributed by atoms with Gasteiger partial charge in [0.25, 0.3) is 0 Å². The molecule has 5 heteroatoms. The Bertz CT molecular complexity index is 849. The first-order chi connectivity index (χ1) is 11.6. The number of rotatable bonds is 5. The number of ketones is 1. The number of anilines is 1. The first-order valence-corrected chi connectivity index (χ1v) is 7.62. The van der Waals surface area contributed by atoms with Crippen LogP contribution in [0.4, 0.5) is 5.69 Å². The Morgan fingerprint density at radius 2 is 1.88 bits per heavy atom. The van der Waals surface area contributed by atoms with Crippen LogP contribution >= 0.6 is 0 Å². The standard InChI is InChI=1S/C19H19N3O2/c1-22-16(11-15-6-5-14(20)12-21-15)7-10-18(22)19(23)13-3-8-17(24-2)9-4-13/h3-10,12H,11,20H2,1-2H3. The van der Waals surface area contributed by atoms with Gasteiger partial charge in [0.1, 0.15) is 5.75 Å². The Labute approximate surface area is 140 Å². The number of ether oxygens (including phenoxy) is 1. The van der Waals surface area contributed by atoms with Crippen LogP contribution in [0.15, 0.2) is 54.7 Å². The van der Waals surface area contributed by atoms with E-state index in [1.54, 1.807) is 37.6 Å². The second-order valence-electron chi connectivity index (χ2n) is 5.59. The van der Waals surface area contributed by atoms with Crippen LogP contribution in [0.2, 0.25) is 0 Å². The molecule has 0 radical (unpaired) electrons. The van der Waals surface area contributed by atoms with Gasteiger partial charge >= 0.3 is 0 Å². The molecule has 2 aromatic heterocycles. The number of methoxy groups -OCH3 is 1. The van der Waals surface area contributed by atoms with Crippen molar-refractivity contribution in [2.45, 2.75) is 6.42 Å². The SMILES string of the molecule is COc1ccc(C(=O)c2ccc(Cc3ccc(N)cn3)n2C)cc1. The van der Waals surface area contributed by atoms with Gasteiger partial charge < -0.3 is 15.0 Å². The summed E-state index contributed by atoms with van der Waals surface area (Å²) in [6.07, 6.45) is 2.29. The molecule has 0 fully saturated rings. The summed E-state index contributed by atoms with van der Waals surface area (Å²) in [5.74, 6) is 0.713. The lowest BCUT2D eigenvalue weighted by Gasteiger charge is -2.08. The van der Waals surface area contributed by atoms with Crippen molar-refractivity contribution in [1.29, 1.82) is 0 Å². The molecule has 0 aliphatic heterocycles. The monoisotopic (exact) mass is 321 g/mol. The van der Waals surface area contributed by atoms with Crippen LogP contribution in [-0.4, -0.2) is 22.4 Å². The summed E-state index contributed by atoms with van der Waals surface area (Å²) in [5.41, 5.74) is 9.50. The summed E-state index contributed by atoms with van der Waals surface area (Å²) in [7, 11) is 3.49. The van der Waals surface area contributed by atoms with Gasteiger partial charge in [0.15, 0.2) is 0 Å². The predicted octanol–water partition coefficient (Wildman–Crippen LogP) is 2.83. The average Bonchev–Trinajstić information content (AvgIpc) is 2.97. The van der Waals surface area contributed by atoms with Crippen LogP contribution in [0.25, 0.3) is 0 Å². The molecule has 1 aromatic carbocycles. The van der Waals surface area contributed by atoms with Gasteiger partial charge in [-0.1, -0.05) is 0 Å². The second kappa shape index (κ2) is 6.58. The third kappa shape index (κ3) is 3.15. The van der Waals surface area contributed by atoms with E-state index >= 15 is 0 Å². The Hall–Kier alpha value is -3.08. The lowest BCUT2D eigenvalue weighted by atomic mass is 10.1. The van der Waals surface area contributed by atoms with Crippen LogP contribution in [0.3, 0.4) is 0 Å². The lowest BCUT2D eigenvalue weighted by Crippen LogP contribution is -2.09. The Morgan fingerprint density at radius 3 is 2.50 bits per heavy atom. The van der Waals surface area contributed by atoms with E-state index in [4.69, 9.17) is 10.5 Å². The minimum atomic E-state index is -0.0170. The van der Waals surface area contributed by atoms with Gasteiger partial charge in [-0.2, -0.15) is 0 Å². The number of nitrogen functional groups attached to an aromatic ring is 1. The fourth-order valence-electron chi connectivity index (χ4n) is 2.58. The van der Waals surface area contributed by atoms with Crippen LogP contribution in [-0.2, 0) is 13.5 Å². The van der Waals surface area contributed by atoms with Crippen LogP contribution in [0.5, 0.6) is 5.75 Å². The zero-order valence-electron chi connectivity index (χ0n) is 13.7. The zero-order chi connectivity index (χ0) is 17.1. The number of nitrogens with zero attached hydrogens (tertiary/aromatic N) is 2. The largest absolute Gasteiger partial charge is 0.497 e. The predicted molar refractivity (Wildman–Crippen MR) is 93.3 cm³/mol. The summed E-state index contributed by atoms with van der Waals surface area (Å²) in [5, 5.41) is 0. The highest BCUT2D eigenvalue weighted by Gasteiger charge is 2.15. The van der Waals surface area contributed by atoms with Gasteiger partial charge in [0, 0.05) is 30.4 Å². The van der Waals surface area contributed by atoms with E-state index in [-0.39, 0.29) is 5.78 Å². The number of hydrogen-bond donors (Lipinski definition) is 1. The summed E-state index contributed by atoms with van der Waals surface area (Å²) < 4.78 is 7.03. The first-order valence-electron chi connectivity index (χ1n) is 7.62. The van der Waals surface area contributed by atoms with Crippen LogP contribution in [0, 0.1) is 0 Å². The minimum Gasteiger partial charge on any atom is -0.497 e. The van der Waals surface area contributed by atoms with Crippen molar-refractivity contribution in [1.82, 2.24) is 9.55 Å². The lowest BCUT2D eigenvalue weighted by molar-refractivity contribution is 0.103. The van der Waals surface area contributed by atoms with Gasteiger partial charge in [-0.3, -0.25) is 9.78 Å². The number of hydrogen-bond acceptors (Lipinski definition) is 4. The van der Waals surface area contributed by atoms with Crippen molar-refractivity contribution < 1.29 is 9.53 Å². The van der Waals surface area contributed by atoms with Crippen molar-refractivity contribution in [2.24, 2.45) is 7.05 Å². The molecule has 0 atom stereocenters. The van der Waals surface area contributed by atoms with Crippen molar-refractivity contribution in [3.05, 3.63) is 77.4 Å². The molecular formula is C19H19N3O2. The van der Waals surface area contributed by atoms with E-state index in [1.165, 1.54) is 0 Å². The molecule has 0 saturated heterocycles. The third-order valence-corrected chi connectivity index (χ3v) is 4.02. The second-order valence-corrected chi connectivity index (χ2v) is 5.59. The maximum Gasteiger partial charge on any atom is 0.209 e. The molecule has 2 N–H and O–H groups in total. The summed E-state index contributed by atoms with van der Waals surface area (Å²) in [4.78, 5) is 17.0. The van der Waals surface area contributed by atoms with E-state index in [0.717, 1.165) is 17.1 Å². The van der Waals surface area contributed by atoms with Crippen LogP contribution < -0.4 is 10.5 Å². The normalized spacial score (nSPS) is 10.6. The van der Waals surface area contributed by atoms with E-state index in [1.807, 2.05) is 35.9 Å². The van der Waals surface area contributed by atoms with Crippen molar-refractivity contribution in [3.63, 3.8) is 0 Å². The fourth-order valence-corrected chi connectivity index (χ4v) is 2.58. The number of pyridine rings is 1. The Balaban J connectivity index is 1.83. The Kier molecular flexibility index (Phi) is 4.33. The number of carbonyl (C=O) groups excluding carboxylic acids is 1. The molecule has 0 spiro atoms. The van der Waals surface area contributed by atoms with Gasteiger partial charge in [0.05, 0.1) is 24.7 Å². The highest BCUT2D eigenvalue weighted by molar-refractivity contribution is 6.08. The van der Waals surface area contributed by atoms with Gasteiger partial charge in [-0.05, 0) is 48.5 Å². The van der Waals surface area contributed by atoms with Crippen LogP contribution in [0.1, 0.15) is 27.4 Å². The van der Waals surface area contributed by atoms with E-state index in [0.29, 0.717) is 23.4 Å². The number of benzene rings is 1. The van der Waals surface area contributed by atoms with Gasteiger partial charge in [0.2, 0.25) is 5.78 Å². The molecule has 0 unspecified atom stereocenters. The molecule has 2 heterocycles. The smallest absolute Gasteiger partial charge is 0.209 e. The molecule has 122 valence electrons. The molecule has 0 aliphatic rings. The van der Waals surface area contributed by atoms with E-state index in [2.05, 4.69) is 4.98 Å². The molecule has 3 rings (SSSR count). The molecule has 0 amide bonds. The molecule has 0 aliphatic carbocycles. The first kappa shape index (κ1) is 15.8. The quantitative estimate of drug-likeness (QED) is 0.734. The zero-order valence-corrected chi connectivity index (χ0v) is 13.7. The van der Waals surface area contributed by atoms with Crippen molar-refractivity contribution >= 4 is 11.5 Å². The summed E-state index contributed by atoms with van der Waals surface area (Å²) >= 11 is 0. The molecule has 5 nitrogen and oxygen atoms in total. The summed E-state index contributed by atoms with van der Waals surface area (Å²) in [6, 6.07) is 14.6. The average molecular weight is 321 g/mol. The third-order valence-electron chi connectivity index (χ3n) is 4.02. The highest BCUT2D eigenvalue weighted by atomic mass is 16.5. The maximum absolute atomic E-state index is 12.7. The highest BCUT2D eigenvalue weighted by Crippen LogP contribution is 2.18. The Morgan fingerprint density at radius 1 is 1.12 bits per heavy atom. The molecular weight excluding hydrogens is 302 g/mol. The number of aromatic nitrogens is 2. The maximum atomic E-state index is 12.7. The van der Waals surface area contributed by atoms with Crippen molar-refractivity contribution in [2.75, 3.05) is 12.8 Å². The molecule has 24 heavy (non-hydrogen) atoms. The van der Waals surface area contributed by atoms with Gasteiger partial charge in [-0.15, -0.1) is 0 Å². The number of nitrogens with two attached hydrogens (primary N) is 1. The molecule has 0 bridgehead atoms. The molecule has 0 saturated carbocycles. The fraction of sp³-hybridized carbons (Fsp3) is 0.158. The van der Waals surface area contributed by atoms with E-state index in [9.17, 15) is 4.79 Å². The molecule has 3 aromatic rings.